The molecule has 0 amide bonds. The monoisotopic (exact) mass is 584 g/mol. The van der Waals surface area contributed by atoms with E-state index >= 15 is 0 Å². The van der Waals surface area contributed by atoms with Crippen LogP contribution >= 0.6 is 0 Å². The molecule has 0 N–H and O–H groups in total. The normalized spacial score (nSPS) is 11.7. The smallest absolute Gasteiger partial charge is 0.00198 e. The molecule has 0 saturated heterocycles. The van der Waals surface area contributed by atoms with E-state index < -0.39 is 0 Å². The van der Waals surface area contributed by atoms with E-state index in [1.54, 1.807) is 0 Å². The summed E-state index contributed by atoms with van der Waals surface area (Å²) in [4.78, 5) is 0. The van der Waals surface area contributed by atoms with Crippen LogP contribution in [0.5, 0.6) is 0 Å². The zero-order chi connectivity index (χ0) is 30.8. The molecule has 0 nitrogen and oxygen atoms in total. The van der Waals surface area contributed by atoms with Crippen molar-refractivity contribution < 1.29 is 0 Å². The van der Waals surface area contributed by atoms with Gasteiger partial charge in [-0.3, -0.25) is 0 Å². The first-order valence-electron chi connectivity index (χ1n) is 16.1. The minimum absolute atomic E-state index is 1.23. The fourth-order valence-electron chi connectivity index (χ4n) is 7.58. The van der Waals surface area contributed by atoms with E-state index in [1.807, 2.05) is 0 Å². The molecule has 0 spiro atoms. The molecule has 46 heavy (non-hydrogen) atoms. The highest BCUT2D eigenvalue weighted by Crippen LogP contribution is 2.49. The van der Waals surface area contributed by atoms with Crippen LogP contribution in [0.2, 0.25) is 0 Å². The highest BCUT2D eigenvalue weighted by molar-refractivity contribution is 6.26. The second-order valence-electron chi connectivity index (χ2n) is 12.6. The first-order chi connectivity index (χ1) is 22.7. The molecule has 0 heterocycles. The highest BCUT2D eigenvalue weighted by atomic mass is 14.2. The summed E-state index contributed by atoms with van der Waals surface area (Å²) in [5.41, 5.74) is 10.3. The van der Waals surface area contributed by atoms with E-state index in [2.05, 4.69) is 172 Å². The summed E-state index contributed by atoms with van der Waals surface area (Å²) in [5.74, 6) is 0. The lowest BCUT2D eigenvalue weighted by atomic mass is 9.81. The maximum absolute atomic E-state index is 2.43. The average molecular weight is 585 g/mol. The first-order valence-corrected chi connectivity index (χ1v) is 16.1. The van der Waals surface area contributed by atoms with E-state index in [9.17, 15) is 0 Å². The van der Waals surface area contributed by atoms with Gasteiger partial charge in [-0.05, 0) is 130 Å². The van der Waals surface area contributed by atoms with Gasteiger partial charge in [0.25, 0.3) is 0 Å². The van der Waals surface area contributed by atoms with Crippen molar-refractivity contribution >= 4 is 53.9 Å². The number of hydrogen-bond acceptors (Lipinski definition) is 0. The minimum Gasteiger partial charge on any atom is -0.0622 e. The van der Waals surface area contributed by atoms with Gasteiger partial charge in [0, 0.05) is 0 Å². The largest absolute Gasteiger partial charge is 0.0622 e. The molecule has 9 aromatic carbocycles. The highest BCUT2D eigenvalue weighted by Gasteiger charge is 2.22. The molecule has 9 aromatic rings. The molecule has 216 valence electrons. The fraction of sp³-hybridized carbons (Fsp3) is 0.0435. The lowest BCUT2D eigenvalue weighted by Gasteiger charge is -2.22. The second-order valence-corrected chi connectivity index (χ2v) is 12.6. The Kier molecular flexibility index (Phi) is 6.05. The number of rotatable bonds is 3. The van der Waals surface area contributed by atoms with Gasteiger partial charge in [0.1, 0.15) is 0 Å². The molecule has 0 aliphatic carbocycles. The van der Waals surface area contributed by atoms with E-state index in [0.29, 0.717) is 0 Å². The summed E-state index contributed by atoms with van der Waals surface area (Å²) in [7, 11) is 0. The fourth-order valence-corrected chi connectivity index (χ4v) is 7.58. The SMILES string of the molecule is Cc1cc2c(-c3cc4ccccc4cc3-c3ccccc3)c3ccccc3c(-c3cc4ccccc4c4ccccc34)c2cc1C. The molecule has 0 fully saturated rings. The predicted octanol–water partition coefficient (Wildman–Crippen LogP) is 13.1. The average Bonchev–Trinajstić information content (AvgIpc) is 3.11. The van der Waals surface area contributed by atoms with Gasteiger partial charge >= 0.3 is 0 Å². The Hall–Kier alpha value is -5.72. The Morgan fingerprint density at radius 3 is 1.35 bits per heavy atom. The van der Waals surface area contributed by atoms with Crippen LogP contribution in [0.4, 0.5) is 0 Å². The number of aryl methyl sites for hydroxylation is 2. The molecule has 0 radical (unpaired) electrons. The van der Waals surface area contributed by atoms with Crippen molar-refractivity contribution in [3.05, 3.63) is 169 Å². The number of fused-ring (bicyclic) bond motifs is 6. The van der Waals surface area contributed by atoms with Crippen LogP contribution in [0, 0.1) is 13.8 Å². The topological polar surface area (TPSA) is 0 Å². The van der Waals surface area contributed by atoms with Gasteiger partial charge in [0.05, 0.1) is 0 Å². The van der Waals surface area contributed by atoms with Gasteiger partial charge in [-0.15, -0.1) is 0 Å². The summed E-state index contributed by atoms with van der Waals surface area (Å²) in [6.07, 6.45) is 0. The summed E-state index contributed by atoms with van der Waals surface area (Å²) in [5, 5.41) is 12.8. The van der Waals surface area contributed by atoms with E-state index in [-0.39, 0.29) is 0 Å². The van der Waals surface area contributed by atoms with Gasteiger partial charge in [-0.1, -0.05) is 140 Å². The summed E-state index contributed by atoms with van der Waals surface area (Å²) in [6, 6.07) is 58.5. The van der Waals surface area contributed by atoms with Crippen molar-refractivity contribution in [1.29, 1.82) is 0 Å². The van der Waals surface area contributed by atoms with Crippen molar-refractivity contribution in [3.8, 4) is 33.4 Å². The molecular weight excluding hydrogens is 553 g/mol. The second kappa shape index (κ2) is 10.4. The van der Waals surface area contributed by atoms with Gasteiger partial charge in [-0.25, -0.2) is 0 Å². The summed E-state index contributed by atoms with van der Waals surface area (Å²) < 4.78 is 0. The van der Waals surface area contributed by atoms with Crippen LogP contribution in [-0.4, -0.2) is 0 Å². The van der Waals surface area contributed by atoms with Gasteiger partial charge in [0.2, 0.25) is 0 Å². The Morgan fingerprint density at radius 1 is 0.283 bits per heavy atom. The van der Waals surface area contributed by atoms with E-state index in [4.69, 9.17) is 0 Å². The van der Waals surface area contributed by atoms with Gasteiger partial charge < -0.3 is 0 Å². The van der Waals surface area contributed by atoms with Crippen LogP contribution in [0.3, 0.4) is 0 Å². The van der Waals surface area contributed by atoms with Crippen molar-refractivity contribution in [2.75, 3.05) is 0 Å². The molecule has 9 rings (SSSR count). The Labute approximate surface area is 269 Å². The van der Waals surface area contributed by atoms with Crippen molar-refractivity contribution in [2.24, 2.45) is 0 Å². The third-order valence-corrected chi connectivity index (χ3v) is 9.92. The quantitative estimate of drug-likeness (QED) is 0.143. The summed E-state index contributed by atoms with van der Waals surface area (Å²) in [6.45, 7) is 4.49. The lowest BCUT2D eigenvalue weighted by Crippen LogP contribution is -1.95. The molecular formula is C46H32. The molecule has 0 atom stereocenters. The zero-order valence-electron chi connectivity index (χ0n) is 26.0. The van der Waals surface area contributed by atoms with Crippen LogP contribution in [-0.2, 0) is 0 Å². The lowest BCUT2D eigenvalue weighted by molar-refractivity contribution is 1.37. The Balaban J connectivity index is 1.50. The van der Waals surface area contributed by atoms with Crippen molar-refractivity contribution in [1.82, 2.24) is 0 Å². The summed E-state index contributed by atoms with van der Waals surface area (Å²) >= 11 is 0. The van der Waals surface area contributed by atoms with Crippen LogP contribution in [0.1, 0.15) is 11.1 Å². The molecule has 0 aromatic heterocycles. The molecule has 0 aliphatic heterocycles. The third-order valence-electron chi connectivity index (χ3n) is 9.92. The first kappa shape index (κ1) is 26.7. The molecule has 0 heteroatoms. The van der Waals surface area contributed by atoms with Gasteiger partial charge in [-0.2, -0.15) is 0 Å². The molecule has 0 bridgehead atoms. The van der Waals surface area contributed by atoms with E-state index in [0.717, 1.165) is 0 Å². The van der Waals surface area contributed by atoms with Gasteiger partial charge in [0.15, 0.2) is 0 Å². The third kappa shape index (κ3) is 4.07. The Bertz CT molecular complexity index is 2640. The minimum atomic E-state index is 1.23. The van der Waals surface area contributed by atoms with Crippen molar-refractivity contribution in [2.45, 2.75) is 13.8 Å². The molecule has 0 aliphatic rings. The molecule has 0 saturated carbocycles. The van der Waals surface area contributed by atoms with Crippen LogP contribution in [0.15, 0.2) is 158 Å². The van der Waals surface area contributed by atoms with Crippen LogP contribution in [0.25, 0.3) is 87.2 Å². The number of hydrogen-bond donors (Lipinski definition) is 0. The van der Waals surface area contributed by atoms with E-state index in [1.165, 1.54) is 98.4 Å². The maximum Gasteiger partial charge on any atom is -0.00198 e. The van der Waals surface area contributed by atoms with Crippen LogP contribution < -0.4 is 0 Å². The predicted molar refractivity (Wildman–Crippen MR) is 200 cm³/mol. The Morgan fingerprint density at radius 2 is 0.717 bits per heavy atom. The standard InChI is InChI=1S/C46H32/c1-29-24-41-42(25-30(29)2)46(44-27-33-17-7-6-16-32(33)26-40(44)31-14-4-3-5-15-31)39-23-13-12-22-38(39)45(41)43-28-34-18-8-9-19-35(34)36-20-10-11-21-37(36)43/h3-28H,1-2H3. The maximum atomic E-state index is 2.43. The van der Waals surface area contributed by atoms with Crippen molar-refractivity contribution in [3.63, 3.8) is 0 Å². The number of benzene rings is 9. The zero-order valence-corrected chi connectivity index (χ0v) is 26.0. The molecule has 0 unspecified atom stereocenters.